The molecule has 1 N–H and O–H groups in total. The number of methoxy groups -OCH3 is 1. The Morgan fingerprint density at radius 3 is 2.61 bits per heavy atom. The average molecular weight is 400 g/mol. The number of nitro groups is 1. The van der Waals surface area contributed by atoms with Crippen molar-refractivity contribution < 1.29 is 14.8 Å². The second-order valence-corrected chi connectivity index (χ2v) is 6.97. The molecule has 2 aromatic heterocycles. The van der Waals surface area contributed by atoms with Gasteiger partial charge in [-0.25, -0.2) is 4.98 Å². The molecular formula is C19H20N4O4S. The lowest BCUT2D eigenvalue weighted by Gasteiger charge is -2.21. The molecule has 0 bridgehead atoms. The molecular weight excluding hydrogens is 380 g/mol. The highest BCUT2D eigenvalue weighted by Crippen LogP contribution is 2.30. The van der Waals surface area contributed by atoms with Gasteiger partial charge in [-0.15, -0.1) is 11.3 Å². The summed E-state index contributed by atoms with van der Waals surface area (Å²) in [4.78, 5) is 21.4. The van der Waals surface area contributed by atoms with E-state index in [0.717, 1.165) is 16.3 Å². The van der Waals surface area contributed by atoms with E-state index in [-0.39, 0.29) is 37.1 Å². The minimum Gasteiger partial charge on any atom is -0.481 e. The van der Waals surface area contributed by atoms with Gasteiger partial charge in [-0.1, -0.05) is 29.8 Å². The number of nitrogens with zero attached hydrogens (tertiary/aromatic N) is 4. The number of anilines is 1. The molecule has 0 aliphatic heterocycles. The lowest BCUT2D eigenvalue weighted by Crippen LogP contribution is -2.28. The van der Waals surface area contributed by atoms with Gasteiger partial charge in [0.2, 0.25) is 11.7 Å². The maximum Gasteiger partial charge on any atom is 0.311 e. The van der Waals surface area contributed by atoms with Crippen LogP contribution in [-0.4, -0.2) is 40.3 Å². The number of hydrogen-bond donors (Lipinski definition) is 1. The van der Waals surface area contributed by atoms with Gasteiger partial charge in [0.05, 0.1) is 30.9 Å². The van der Waals surface area contributed by atoms with E-state index in [4.69, 9.17) is 4.74 Å². The Bertz CT molecular complexity index is 959. The third-order valence-corrected chi connectivity index (χ3v) is 5.05. The predicted octanol–water partition coefficient (Wildman–Crippen LogP) is 3.43. The van der Waals surface area contributed by atoms with E-state index in [1.165, 1.54) is 36.1 Å². The van der Waals surface area contributed by atoms with Gasteiger partial charge in [-0.05, 0) is 6.92 Å². The second kappa shape index (κ2) is 8.77. The highest BCUT2D eigenvalue weighted by Gasteiger charge is 2.23. The van der Waals surface area contributed by atoms with Crippen molar-refractivity contribution in [1.29, 1.82) is 0 Å². The number of aromatic nitrogens is 2. The SMILES string of the molecule is COc1ccc([N+](=O)[O-])c(N(CCO)Cc2csc(-c3ccc(C)cc3)n2)n1. The van der Waals surface area contributed by atoms with Crippen LogP contribution in [0, 0.1) is 17.0 Å². The number of aliphatic hydroxyl groups is 1. The number of ether oxygens (including phenoxy) is 1. The van der Waals surface area contributed by atoms with E-state index in [1.807, 2.05) is 36.6 Å². The van der Waals surface area contributed by atoms with Crippen molar-refractivity contribution in [1.82, 2.24) is 9.97 Å². The highest BCUT2D eigenvalue weighted by atomic mass is 32.1. The van der Waals surface area contributed by atoms with Crippen molar-refractivity contribution in [2.45, 2.75) is 13.5 Å². The summed E-state index contributed by atoms with van der Waals surface area (Å²) in [5.74, 6) is 0.408. The molecule has 0 aliphatic rings. The quantitative estimate of drug-likeness (QED) is 0.456. The second-order valence-electron chi connectivity index (χ2n) is 6.11. The monoisotopic (exact) mass is 400 g/mol. The fourth-order valence-corrected chi connectivity index (χ4v) is 3.51. The van der Waals surface area contributed by atoms with Crippen LogP contribution in [-0.2, 0) is 6.54 Å². The molecule has 0 amide bonds. The lowest BCUT2D eigenvalue weighted by molar-refractivity contribution is -0.384. The number of rotatable bonds is 8. The summed E-state index contributed by atoms with van der Waals surface area (Å²) >= 11 is 1.50. The van der Waals surface area contributed by atoms with Crippen molar-refractivity contribution in [3.05, 3.63) is 63.1 Å². The molecule has 1 aromatic carbocycles. The molecule has 0 atom stereocenters. The smallest absolute Gasteiger partial charge is 0.311 e. The van der Waals surface area contributed by atoms with Crippen LogP contribution < -0.4 is 9.64 Å². The van der Waals surface area contributed by atoms with Gasteiger partial charge in [0.15, 0.2) is 0 Å². The van der Waals surface area contributed by atoms with Crippen LogP contribution in [0.3, 0.4) is 0 Å². The minimum absolute atomic E-state index is 0.142. The van der Waals surface area contributed by atoms with E-state index >= 15 is 0 Å². The van der Waals surface area contributed by atoms with Crippen LogP contribution >= 0.6 is 11.3 Å². The first-order valence-corrected chi connectivity index (χ1v) is 9.46. The topological polar surface area (TPSA) is 102 Å². The van der Waals surface area contributed by atoms with Crippen molar-refractivity contribution in [2.24, 2.45) is 0 Å². The number of aliphatic hydroxyl groups excluding tert-OH is 1. The summed E-state index contributed by atoms with van der Waals surface area (Å²) in [7, 11) is 1.45. The van der Waals surface area contributed by atoms with E-state index in [1.54, 1.807) is 4.90 Å². The summed E-state index contributed by atoms with van der Waals surface area (Å²) < 4.78 is 5.10. The number of thiazole rings is 1. The predicted molar refractivity (Wildman–Crippen MR) is 108 cm³/mol. The summed E-state index contributed by atoms with van der Waals surface area (Å²) in [6.07, 6.45) is 0. The number of benzene rings is 1. The molecule has 2 heterocycles. The van der Waals surface area contributed by atoms with Gasteiger partial charge < -0.3 is 14.7 Å². The van der Waals surface area contributed by atoms with Crippen molar-refractivity contribution in [2.75, 3.05) is 25.2 Å². The van der Waals surface area contributed by atoms with E-state index in [2.05, 4.69) is 9.97 Å². The summed E-state index contributed by atoms with van der Waals surface area (Å²) in [5.41, 5.74) is 2.78. The molecule has 0 spiro atoms. The molecule has 28 heavy (non-hydrogen) atoms. The van der Waals surface area contributed by atoms with Crippen molar-refractivity contribution in [3.63, 3.8) is 0 Å². The fraction of sp³-hybridized carbons (Fsp3) is 0.263. The summed E-state index contributed by atoms with van der Waals surface area (Å²) in [6, 6.07) is 10.9. The molecule has 3 aromatic rings. The molecule has 0 unspecified atom stereocenters. The Morgan fingerprint density at radius 2 is 1.96 bits per heavy atom. The Kier molecular flexibility index (Phi) is 6.17. The Labute approximate surface area is 166 Å². The number of pyridine rings is 1. The van der Waals surface area contributed by atoms with E-state index < -0.39 is 4.92 Å². The normalized spacial score (nSPS) is 10.7. The molecule has 0 aliphatic carbocycles. The lowest BCUT2D eigenvalue weighted by atomic mass is 10.2. The van der Waals surface area contributed by atoms with E-state index in [9.17, 15) is 15.2 Å². The van der Waals surface area contributed by atoms with Gasteiger partial charge in [0, 0.05) is 29.6 Å². The fourth-order valence-electron chi connectivity index (χ4n) is 2.70. The van der Waals surface area contributed by atoms with Gasteiger partial charge in [0.1, 0.15) is 5.01 Å². The maximum atomic E-state index is 11.4. The van der Waals surface area contributed by atoms with E-state index in [0.29, 0.717) is 0 Å². The van der Waals surface area contributed by atoms with Crippen LogP contribution in [0.5, 0.6) is 5.88 Å². The van der Waals surface area contributed by atoms with Crippen LogP contribution in [0.25, 0.3) is 10.6 Å². The van der Waals surface area contributed by atoms with Gasteiger partial charge in [0.25, 0.3) is 0 Å². The molecule has 146 valence electrons. The first kappa shape index (κ1) is 19.7. The van der Waals surface area contributed by atoms with Gasteiger partial charge in [-0.3, -0.25) is 10.1 Å². The third kappa shape index (κ3) is 4.44. The molecule has 3 rings (SSSR count). The minimum atomic E-state index is -0.495. The molecule has 9 heteroatoms. The summed E-state index contributed by atoms with van der Waals surface area (Å²) in [5, 5.41) is 23.6. The molecule has 0 saturated carbocycles. The van der Waals surface area contributed by atoms with Crippen LogP contribution in [0.1, 0.15) is 11.3 Å². The molecule has 0 radical (unpaired) electrons. The zero-order valence-corrected chi connectivity index (χ0v) is 16.3. The summed E-state index contributed by atoms with van der Waals surface area (Å²) in [6.45, 7) is 2.31. The standard InChI is InChI=1S/C19H20N4O4S/c1-13-3-5-14(6-4-13)19-20-15(12-28-19)11-22(9-10-24)18-16(23(25)26)7-8-17(21-18)27-2/h3-8,12,24H,9-11H2,1-2H3. The van der Waals surface area contributed by atoms with Crippen molar-refractivity contribution in [3.8, 4) is 16.5 Å². The average Bonchev–Trinajstić information content (AvgIpc) is 3.16. The Morgan fingerprint density at radius 1 is 1.21 bits per heavy atom. The molecule has 0 fully saturated rings. The van der Waals surface area contributed by atoms with Gasteiger partial charge >= 0.3 is 5.69 Å². The zero-order valence-electron chi connectivity index (χ0n) is 15.5. The Balaban J connectivity index is 1.90. The Hall–Kier alpha value is -3.04. The zero-order chi connectivity index (χ0) is 20.1. The molecule has 8 nitrogen and oxygen atoms in total. The highest BCUT2D eigenvalue weighted by molar-refractivity contribution is 7.13. The molecule has 0 saturated heterocycles. The van der Waals surface area contributed by atoms with Crippen LogP contribution in [0.2, 0.25) is 0 Å². The first-order valence-electron chi connectivity index (χ1n) is 8.58. The van der Waals surface area contributed by atoms with Crippen LogP contribution in [0.4, 0.5) is 11.5 Å². The maximum absolute atomic E-state index is 11.4. The third-order valence-electron chi connectivity index (χ3n) is 4.11. The van der Waals surface area contributed by atoms with Crippen molar-refractivity contribution >= 4 is 22.8 Å². The first-order chi connectivity index (χ1) is 13.5. The van der Waals surface area contributed by atoms with Gasteiger partial charge in [-0.2, -0.15) is 4.98 Å². The van der Waals surface area contributed by atoms with Crippen LogP contribution in [0.15, 0.2) is 41.8 Å². The number of hydrogen-bond acceptors (Lipinski definition) is 8. The number of aryl methyl sites for hydroxylation is 1. The largest absolute Gasteiger partial charge is 0.481 e.